The van der Waals surface area contributed by atoms with Crippen molar-refractivity contribution in [2.75, 3.05) is 0 Å². The average molecular weight is 148 g/mol. The van der Waals surface area contributed by atoms with Crippen molar-refractivity contribution in [1.29, 1.82) is 0 Å². The Balaban J connectivity index is 0.000000461. The summed E-state index contributed by atoms with van der Waals surface area (Å²) in [5, 5.41) is 0. The Morgan fingerprint density at radius 1 is 1.00 bits per heavy atom. The fourth-order valence-corrected chi connectivity index (χ4v) is 0.830. The Kier molecular flexibility index (Phi) is 5.18. The van der Waals surface area contributed by atoms with Gasteiger partial charge in [0.25, 0.3) is 0 Å². The Morgan fingerprint density at radius 2 is 1.36 bits per heavy atom. The van der Waals surface area contributed by atoms with E-state index in [1.807, 2.05) is 0 Å². The number of rotatable bonds is 0. The van der Waals surface area contributed by atoms with Crippen molar-refractivity contribution >= 4 is 0 Å². The molecule has 0 aromatic rings. The molecule has 1 aliphatic carbocycles. The lowest BCUT2D eigenvalue weighted by atomic mass is 10.2. The molecule has 0 nitrogen and oxygen atoms in total. The predicted octanol–water partition coefficient (Wildman–Crippen LogP) is 3.64. The van der Waals surface area contributed by atoms with Crippen LogP contribution in [-0.4, -0.2) is 0 Å². The molecule has 0 atom stereocenters. The Labute approximate surface area is 69.6 Å². The van der Waals surface area contributed by atoms with Gasteiger partial charge in [0.15, 0.2) is 0 Å². The summed E-state index contributed by atoms with van der Waals surface area (Å²) in [5.74, 6) is 0. The smallest absolute Gasteiger partial charge is 0.0158 e. The van der Waals surface area contributed by atoms with Gasteiger partial charge in [-0.3, -0.25) is 0 Å². The van der Waals surface area contributed by atoms with Crippen LogP contribution in [0.3, 0.4) is 0 Å². The van der Waals surface area contributed by atoms with E-state index in [-0.39, 0.29) is 0 Å². The van der Waals surface area contributed by atoms with Gasteiger partial charge in [-0.2, -0.15) is 0 Å². The van der Waals surface area contributed by atoms with Gasteiger partial charge in [0.05, 0.1) is 0 Å². The van der Waals surface area contributed by atoms with Gasteiger partial charge in [0, 0.05) is 0 Å². The van der Waals surface area contributed by atoms with Crippen LogP contribution in [0, 0.1) is 0 Å². The second-order valence-corrected chi connectivity index (χ2v) is 2.47. The van der Waals surface area contributed by atoms with Crippen LogP contribution >= 0.6 is 0 Å². The van der Waals surface area contributed by atoms with E-state index in [0.29, 0.717) is 0 Å². The van der Waals surface area contributed by atoms with E-state index in [4.69, 9.17) is 0 Å². The van der Waals surface area contributed by atoms with E-state index in [0.717, 1.165) is 6.42 Å². The fourth-order valence-electron chi connectivity index (χ4n) is 0.830. The second-order valence-electron chi connectivity index (χ2n) is 2.47. The van der Waals surface area contributed by atoms with Crippen LogP contribution in [0.1, 0.15) is 20.3 Å². The molecule has 0 aromatic heterocycles. The maximum Gasteiger partial charge on any atom is -0.0158 e. The average Bonchev–Trinajstić information content (AvgIpc) is 2.20. The third-order valence-corrected chi connectivity index (χ3v) is 1.49. The minimum absolute atomic E-state index is 1.09. The first kappa shape index (κ1) is 9.96. The van der Waals surface area contributed by atoms with Gasteiger partial charge >= 0.3 is 0 Å². The van der Waals surface area contributed by atoms with E-state index < -0.39 is 0 Å². The Morgan fingerprint density at radius 3 is 1.73 bits per heavy atom. The first-order chi connectivity index (χ1) is 5.29. The molecule has 1 aliphatic rings. The molecule has 0 aliphatic heterocycles. The standard InChI is InChI=1S/C9H12.C2H4/c1-8-4-3-5-9(2)7-6-8;1-2/h4-7H,3H2,1-2H3;1-2H2. The largest absolute Gasteiger partial charge is 0.106 e. The van der Waals surface area contributed by atoms with Crippen molar-refractivity contribution in [1.82, 2.24) is 0 Å². The highest BCUT2D eigenvalue weighted by Crippen LogP contribution is 2.08. The van der Waals surface area contributed by atoms with Gasteiger partial charge < -0.3 is 0 Å². The topological polar surface area (TPSA) is 0 Å². The number of allylic oxidation sites excluding steroid dienone is 6. The summed E-state index contributed by atoms with van der Waals surface area (Å²) >= 11 is 0. The lowest BCUT2D eigenvalue weighted by molar-refractivity contribution is 1.32. The van der Waals surface area contributed by atoms with E-state index in [1.54, 1.807) is 0 Å². The van der Waals surface area contributed by atoms with Crippen LogP contribution in [0.5, 0.6) is 0 Å². The predicted molar refractivity (Wildman–Crippen MR) is 52.5 cm³/mol. The molecule has 0 unspecified atom stereocenters. The van der Waals surface area contributed by atoms with Crippen LogP contribution in [0.2, 0.25) is 0 Å². The summed E-state index contributed by atoms with van der Waals surface area (Å²) in [5.41, 5.74) is 2.73. The van der Waals surface area contributed by atoms with Crippen molar-refractivity contribution < 1.29 is 0 Å². The summed E-state index contributed by atoms with van der Waals surface area (Å²) in [6, 6.07) is 0. The van der Waals surface area contributed by atoms with Crippen LogP contribution in [0.4, 0.5) is 0 Å². The third-order valence-electron chi connectivity index (χ3n) is 1.49. The summed E-state index contributed by atoms with van der Waals surface area (Å²) in [6.45, 7) is 10.3. The molecule has 0 amide bonds. The molecule has 0 N–H and O–H groups in total. The molecule has 0 fully saturated rings. The van der Waals surface area contributed by atoms with Crippen molar-refractivity contribution in [2.45, 2.75) is 20.3 Å². The molecular formula is C11H16. The molecule has 0 bridgehead atoms. The number of hydrogen-bond donors (Lipinski definition) is 0. The lowest BCUT2D eigenvalue weighted by Crippen LogP contribution is -1.62. The Hall–Kier alpha value is -1.04. The molecule has 11 heavy (non-hydrogen) atoms. The maximum atomic E-state index is 3.00. The van der Waals surface area contributed by atoms with Crippen molar-refractivity contribution in [3.8, 4) is 0 Å². The van der Waals surface area contributed by atoms with E-state index in [1.165, 1.54) is 11.1 Å². The van der Waals surface area contributed by atoms with E-state index >= 15 is 0 Å². The van der Waals surface area contributed by atoms with Gasteiger partial charge in [0.1, 0.15) is 0 Å². The van der Waals surface area contributed by atoms with Gasteiger partial charge in [-0.15, -0.1) is 13.2 Å². The molecule has 0 heteroatoms. The summed E-state index contributed by atoms with van der Waals surface area (Å²) in [7, 11) is 0. The van der Waals surface area contributed by atoms with Gasteiger partial charge in [-0.25, -0.2) is 0 Å². The molecular weight excluding hydrogens is 132 g/mol. The molecule has 0 saturated carbocycles. The monoisotopic (exact) mass is 148 g/mol. The minimum Gasteiger partial charge on any atom is -0.106 e. The summed E-state index contributed by atoms with van der Waals surface area (Å²) in [4.78, 5) is 0. The molecule has 0 radical (unpaired) electrons. The van der Waals surface area contributed by atoms with Crippen molar-refractivity contribution in [3.05, 3.63) is 48.6 Å². The first-order valence-electron chi connectivity index (χ1n) is 3.80. The zero-order valence-electron chi connectivity index (χ0n) is 7.43. The molecule has 0 spiro atoms. The molecule has 1 rings (SSSR count). The van der Waals surface area contributed by atoms with Crippen LogP contribution in [0.25, 0.3) is 0 Å². The zero-order valence-corrected chi connectivity index (χ0v) is 7.43. The molecule has 60 valence electrons. The first-order valence-corrected chi connectivity index (χ1v) is 3.80. The second kappa shape index (κ2) is 5.72. The Bertz CT molecular complexity index is 172. The van der Waals surface area contributed by atoms with Gasteiger partial charge in [-0.05, 0) is 20.3 Å². The van der Waals surface area contributed by atoms with Crippen molar-refractivity contribution in [2.24, 2.45) is 0 Å². The SMILES string of the molecule is C=C.CC1=CCC=C(C)C=C1. The lowest BCUT2D eigenvalue weighted by Gasteiger charge is -1.83. The zero-order chi connectivity index (χ0) is 8.69. The van der Waals surface area contributed by atoms with Crippen molar-refractivity contribution in [3.63, 3.8) is 0 Å². The van der Waals surface area contributed by atoms with Gasteiger partial charge in [-0.1, -0.05) is 35.5 Å². The van der Waals surface area contributed by atoms with Crippen LogP contribution in [0.15, 0.2) is 48.6 Å². The quantitative estimate of drug-likeness (QED) is 0.460. The summed E-state index contributed by atoms with van der Waals surface area (Å²) in [6.07, 6.45) is 9.85. The van der Waals surface area contributed by atoms with Crippen LogP contribution < -0.4 is 0 Å². The number of hydrogen-bond acceptors (Lipinski definition) is 0. The highest BCUT2D eigenvalue weighted by atomic mass is 13.9. The maximum absolute atomic E-state index is 3.00. The fraction of sp³-hybridized carbons (Fsp3) is 0.273. The third kappa shape index (κ3) is 4.38. The summed E-state index contributed by atoms with van der Waals surface area (Å²) < 4.78 is 0. The highest BCUT2D eigenvalue weighted by molar-refractivity contribution is 5.29. The highest BCUT2D eigenvalue weighted by Gasteiger charge is 1.87. The van der Waals surface area contributed by atoms with E-state index in [2.05, 4.69) is 51.3 Å². The molecule has 0 saturated heterocycles. The molecule has 0 aromatic carbocycles. The minimum atomic E-state index is 1.09. The van der Waals surface area contributed by atoms with Crippen LogP contribution in [-0.2, 0) is 0 Å². The molecule has 0 heterocycles. The van der Waals surface area contributed by atoms with Gasteiger partial charge in [0.2, 0.25) is 0 Å². The normalized spacial score (nSPS) is 15.5. The van der Waals surface area contributed by atoms with E-state index in [9.17, 15) is 0 Å².